The average Bonchev–Trinajstić information content (AvgIpc) is 2.53. The van der Waals surface area contributed by atoms with Crippen LogP contribution in [0.4, 0.5) is 0 Å². The molecule has 0 spiro atoms. The first-order valence-corrected chi connectivity index (χ1v) is 6.32. The molecular weight excluding hydrogens is 224 g/mol. The number of carbonyl (C=O) groups excluding carboxylic acids is 1. The van der Waals surface area contributed by atoms with Gasteiger partial charge in [0.05, 0.1) is 0 Å². The van der Waals surface area contributed by atoms with Crippen LogP contribution in [0.15, 0.2) is 0 Å². The lowest BCUT2D eigenvalue weighted by Crippen LogP contribution is -2.36. The molecular formula is C12H23ClN2O. The summed E-state index contributed by atoms with van der Waals surface area (Å²) in [4.78, 5) is 14.2. The fraction of sp³-hybridized carbons (Fsp3) is 0.917. The molecule has 4 heteroatoms. The normalized spacial score (nSPS) is 27.3. The van der Waals surface area contributed by atoms with Crippen LogP contribution in [0.5, 0.6) is 0 Å². The summed E-state index contributed by atoms with van der Waals surface area (Å²) < 4.78 is 0. The number of rotatable bonds is 1. The van der Waals surface area contributed by atoms with Gasteiger partial charge in [-0.2, -0.15) is 0 Å². The summed E-state index contributed by atoms with van der Waals surface area (Å²) in [5, 5.41) is 0. The Bertz CT molecular complexity index is 227. The summed E-state index contributed by atoms with van der Waals surface area (Å²) in [5.41, 5.74) is 5.83. The van der Waals surface area contributed by atoms with Crippen LogP contribution in [0.25, 0.3) is 0 Å². The summed E-state index contributed by atoms with van der Waals surface area (Å²) in [7, 11) is 0. The van der Waals surface area contributed by atoms with E-state index in [-0.39, 0.29) is 18.4 Å². The van der Waals surface area contributed by atoms with Gasteiger partial charge in [0.25, 0.3) is 0 Å². The predicted molar refractivity (Wildman–Crippen MR) is 67.6 cm³/mol. The molecule has 0 aromatic carbocycles. The highest BCUT2D eigenvalue weighted by atomic mass is 35.5. The van der Waals surface area contributed by atoms with E-state index in [0.717, 1.165) is 32.4 Å². The van der Waals surface area contributed by atoms with Crippen LogP contribution < -0.4 is 5.73 Å². The molecule has 0 radical (unpaired) electrons. The topological polar surface area (TPSA) is 46.3 Å². The van der Waals surface area contributed by atoms with Crippen LogP contribution in [0.1, 0.15) is 44.9 Å². The minimum absolute atomic E-state index is 0. The molecule has 1 saturated carbocycles. The molecule has 1 aliphatic heterocycles. The van der Waals surface area contributed by atoms with Crippen molar-refractivity contribution in [3.8, 4) is 0 Å². The third kappa shape index (κ3) is 3.36. The Kier molecular flexibility index (Phi) is 5.56. The zero-order valence-corrected chi connectivity index (χ0v) is 10.7. The van der Waals surface area contributed by atoms with Gasteiger partial charge in [-0.05, 0) is 19.3 Å². The Morgan fingerprint density at radius 1 is 1.06 bits per heavy atom. The van der Waals surface area contributed by atoms with Gasteiger partial charge in [0.1, 0.15) is 0 Å². The number of amides is 1. The average molecular weight is 247 g/mol. The monoisotopic (exact) mass is 246 g/mol. The van der Waals surface area contributed by atoms with Gasteiger partial charge >= 0.3 is 0 Å². The van der Waals surface area contributed by atoms with E-state index in [9.17, 15) is 4.79 Å². The maximum atomic E-state index is 12.2. The van der Waals surface area contributed by atoms with Crippen LogP contribution in [-0.2, 0) is 4.79 Å². The number of halogens is 1. The number of hydrogen-bond donors (Lipinski definition) is 1. The zero-order chi connectivity index (χ0) is 10.7. The Morgan fingerprint density at radius 2 is 1.69 bits per heavy atom. The quantitative estimate of drug-likeness (QED) is 0.719. The smallest absolute Gasteiger partial charge is 0.225 e. The summed E-state index contributed by atoms with van der Waals surface area (Å²) in [6, 6.07) is 0.222. The first kappa shape index (κ1) is 13.8. The second-order valence-electron chi connectivity index (χ2n) is 5.02. The molecule has 1 amide bonds. The molecule has 2 rings (SSSR count). The fourth-order valence-electron chi connectivity index (χ4n) is 2.77. The molecule has 3 nitrogen and oxygen atoms in total. The van der Waals surface area contributed by atoms with Crippen molar-refractivity contribution in [2.24, 2.45) is 11.7 Å². The maximum Gasteiger partial charge on any atom is 0.225 e. The fourth-order valence-corrected chi connectivity index (χ4v) is 2.77. The van der Waals surface area contributed by atoms with E-state index in [4.69, 9.17) is 5.73 Å². The number of carbonyl (C=O) groups is 1. The van der Waals surface area contributed by atoms with E-state index >= 15 is 0 Å². The van der Waals surface area contributed by atoms with E-state index in [1.807, 2.05) is 4.90 Å². The van der Waals surface area contributed by atoms with Gasteiger partial charge in [0.2, 0.25) is 5.91 Å². The van der Waals surface area contributed by atoms with E-state index in [0.29, 0.717) is 11.8 Å². The van der Waals surface area contributed by atoms with Gasteiger partial charge in [-0.25, -0.2) is 0 Å². The molecule has 16 heavy (non-hydrogen) atoms. The van der Waals surface area contributed by atoms with Crippen LogP contribution in [0, 0.1) is 5.92 Å². The summed E-state index contributed by atoms with van der Waals surface area (Å²) in [6.45, 7) is 1.67. The number of likely N-dealkylation sites (tertiary alicyclic amines) is 1. The van der Waals surface area contributed by atoms with Gasteiger partial charge in [-0.3, -0.25) is 4.79 Å². The molecule has 1 heterocycles. The van der Waals surface area contributed by atoms with Crippen molar-refractivity contribution in [2.45, 2.75) is 51.0 Å². The third-order valence-electron chi connectivity index (χ3n) is 3.74. The molecule has 0 bridgehead atoms. The second kappa shape index (κ2) is 6.45. The van der Waals surface area contributed by atoms with Crippen LogP contribution >= 0.6 is 12.4 Å². The lowest BCUT2D eigenvalue weighted by atomic mass is 9.99. The maximum absolute atomic E-state index is 12.2. The SMILES string of the molecule is Cl.N[C@@H]1CCN(C(=O)C2CCCCCC2)C1. The van der Waals surface area contributed by atoms with Gasteiger partial charge < -0.3 is 10.6 Å². The Balaban J connectivity index is 0.00000128. The molecule has 0 aromatic heterocycles. The molecule has 0 unspecified atom stereocenters. The molecule has 94 valence electrons. The molecule has 2 fully saturated rings. The largest absolute Gasteiger partial charge is 0.341 e. The highest BCUT2D eigenvalue weighted by molar-refractivity contribution is 5.85. The number of nitrogens with two attached hydrogens (primary N) is 1. The van der Waals surface area contributed by atoms with Gasteiger partial charge in [-0.15, -0.1) is 12.4 Å². The van der Waals surface area contributed by atoms with Crippen molar-refractivity contribution in [1.82, 2.24) is 4.90 Å². The molecule has 2 N–H and O–H groups in total. The van der Waals surface area contributed by atoms with Crippen molar-refractivity contribution in [2.75, 3.05) is 13.1 Å². The van der Waals surface area contributed by atoms with Gasteiger partial charge in [0, 0.05) is 25.0 Å². The molecule has 1 saturated heterocycles. The Hall–Kier alpha value is -0.280. The predicted octanol–water partition coefficient (Wildman–Crippen LogP) is 1.94. The van der Waals surface area contributed by atoms with Crippen molar-refractivity contribution in [3.63, 3.8) is 0 Å². The third-order valence-corrected chi connectivity index (χ3v) is 3.74. The van der Waals surface area contributed by atoms with E-state index < -0.39 is 0 Å². The van der Waals surface area contributed by atoms with Crippen molar-refractivity contribution in [1.29, 1.82) is 0 Å². The van der Waals surface area contributed by atoms with Crippen molar-refractivity contribution in [3.05, 3.63) is 0 Å². The van der Waals surface area contributed by atoms with E-state index in [2.05, 4.69) is 0 Å². The summed E-state index contributed by atoms with van der Waals surface area (Å²) in [5.74, 6) is 0.683. The van der Waals surface area contributed by atoms with Gasteiger partial charge in [-0.1, -0.05) is 25.7 Å². The lowest BCUT2D eigenvalue weighted by molar-refractivity contribution is -0.134. The lowest BCUT2D eigenvalue weighted by Gasteiger charge is -2.22. The van der Waals surface area contributed by atoms with Crippen LogP contribution in [0.2, 0.25) is 0 Å². The van der Waals surface area contributed by atoms with Crippen molar-refractivity contribution >= 4 is 18.3 Å². The summed E-state index contributed by atoms with van der Waals surface area (Å²) >= 11 is 0. The van der Waals surface area contributed by atoms with E-state index in [1.165, 1.54) is 25.7 Å². The molecule has 0 aromatic rings. The first-order valence-electron chi connectivity index (χ1n) is 6.32. The number of nitrogens with zero attached hydrogens (tertiary/aromatic N) is 1. The second-order valence-corrected chi connectivity index (χ2v) is 5.02. The Morgan fingerprint density at radius 3 is 2.19 bits per heavy atom. The highest BCUT2D eigenvalue weighted by Crippen LogP contribution is 2.25. The van der Waals surface area contributed by atoms with E-state index in [1.54, 1.807) is 0 Å². The van der Waals surface area contributed by atoms with Crippen molar-refractivity contribution < 1.29 is 4.79 Å². The minimum atomic E-state index is 0. The highest BCUT2D eigenvalue weighted by Gasteiger charge is 2.29. The minimum Gasteiger partial charge on any atom is -0.341 e. The number of hydrogen-bond acceptors (Lipinski definition) is 2. The molecule has 1 aliphatic carbocycles. The standard InChI is InChI=1S/C12H22N2O.ClH/c13-11-7-8-14(9-11)12(15)10-5-3-1-2-4-6-10;/h10-11H,1-9,13H2;1H/t11-;/m1./s1. The molecule has 1 atom stereocenters. The summed E-state index contributed by atoms with van der Waals surface area (Å²) in [6.07, 6.45) is 8.27. The Labute approximate surface area is 104 Å². The first-order chi connectivity index (χ1) is 7.27. The van der Waals surface area contributed by atoms with Crippen LogP contribution in [-0.4, -0.2) is 29.9 Å². The zero-order valence-electron chi connectivity index (χ0n) is 9.86. The molecule has 2 aliphatic rings. The van der Waals surface area contributed by atoms with Crippen LogP contribution in [0.3, 0.4) is 0 Å². The van der Waals surface area contributed by atoms with Gasteiger partial charge in [0.15, 0.2) is 0 Å².